The van der Waals surface area contributed by atoms with Crippen LogP contribution in [0, 0.1) is 6.92 Å². The van der Waals surface area contributed by atoms with Crippen LogP contribution in [0.5, 0.6) is 0 Å². The maximum Gasteiger partial charge on any atom is 0.277 e. The van der Waals surface area contributed by atoms with Crippen LogP contribution in [0.4, 0.5) is 5.82 Å². The highest BCUT2D eigenvalue weighted by atomic mass is 35.5. The lowest BCUT2D eigenvalue weighted by molar-refractivity contribution is -0.113. The van der Waals surface area contributed by atoms with Crippen LogP contribution in [0.3, 0.4) is 0 Å². The summed E-state index contributed by atoms with van der Waals surface area (Å²) in [6, 6.07) is 7.54. The number of sulfonamides is 1. The van der Waals surface area contributed by atoms with Gasteiger partial charge in [-0.2, -0.15) is 0 Å². The molecule has 0 spiro atoms. The average Bonchev–Trinajstić information content (AvgIpc) is 2.56. The number of hydrogen-bond donors (Lipinski definition) is 2. The number of amides is 1. The molecule has 1 aromatic heterocycles. The Balaban J connectivity index is 2.08. The van der Waals surface area contributed by atoms with E-state index in [4.69, 9.17) is 11.6 Å². The number of likely N-dealkylation sites (N-methyl/N-ethyl adjacent to an activating group) is 1. The molecule has 1 aromatic carbocycles. The number of nitrogens with one attached hydrogen (secondary N) is 1. The number of carbonyl (C=O) groups excluding carboxylic acids is 1. The Morgan fingerprint density at radius 1 is 1.32 bits per heavy atom. The van der Waals surface area contributed by atoms with Crippen molar-refractivity contribution in [3.8, 4) is 0 Å². The molecule has 1 amide bonds. The maximum absolute atomic E-state index is 12.6. The van der Waals surface area contributed by atoms with E-state index in [1.807, 2.05) is 0 Å². The first-order chi connectivity index (χ1) is 11.7. The van der Waals surface area contributed by atoms with Crippen molar-refractivity contribution in [2.24, 2.45) is 0 Å². The largest absolute Gasteiger partial charge is 0.505 e. The number of aliphatic hydroxyl groups is 1. The molecule has 3 rings (SSSR count). The van der Waals surface area contributed by atoms with E-state index in [0.717, 1.165) is 4.31 Å². The van der Waals surface area contributed by atoms with E-state index in [2.05, 4.69) is 10.3 Å². The zero-order valence-electron chi connectivity index (χ0n) is 13.3. The molecule has 0 fully saturated rings. The zero-order valence-corrected chi connectivity index (χ0v) is 14.9. The second kappa shape index (κ2) is 6.05. The molecule has 0 saturated heterocycles. The fourth-order valence-corrected chi connectivity index (χ4v) is 4.13. The molecule has 0 atom stereocenters. The van der Waals surface area contributed by atoms with Crippen molar-refractivity contribution in [3.63, 3.8) is 0 Å². The summed E-state index contributed by atoms with van der Waals surface area (Å²) in [5, 5.41) is 13.4. The van der Waals surface area contributed by atoms with Gasteiger partial charge in [0.15, 0.2) is 11.5 Å². The maximum atomic E-state index is 12.6. The van der Waals surface area contributed by atoms with Crippen LogP contribution < -0.4 is 5.32 Å². The summed E-state index contributed by atoms with van der Waals surface area (Å²) in [5.41, 5.74) is 0.295. The molecule has 7 nitrogen and oxygen atoms in total. The van der Waals surface area contributed by atoms with E-state index in [9.17, 15) is 18.3 Å². The lowest BCUT2D eigenvalue weighted by atomic mass is 10.1. The van der Waals surface area contributed by atoms with Gasteiger partial charge in [-0.1, -0.05) is 23.7 Å². The molecule has 2 aromatic rings. The highest BCUT2D eigenvalue weighted by molar-refractivity contribution is 7.89. The molecule has 130 valence electrons. The van der Waals surface area contributed by atoms with Crippen LogP contribution >= 0.6 is 11.6 Å². The molecule has 0 aliphatic carbocycles. The molecule has 0 unspecified atom stereocenters. The van der Waals surface area contributed by atoms with Crippen molar-refractivity contribution in [2.45, 2.75) is 11.8 Å². The molecule has 25 heavy (non-hydrogen) atoms. The number of benzene rings is 1. The molecular weight excluding hydrogens is 366 g/mol. The molecular formula is C16H14ClN3O4S. The second-order valence-electron chi connectivity index (χ2n) is 5.44. The topological polar surface area (TPSA) is 99.6 Å². The molecule has 0 radical (unpaired) electrons. The molecule has 2 heterocycles. The predicted octanol–water partition coefficient (Wildman–Crippen LogP) is 2.54. The number of aliphatic hydroxyl groups excluding tert-OH is 1. The van der Waals surface area contributed by atoms with E-state index in [0.29, 0.717) is 10.6 Å². The number of fused-ring (bicyclic) bond motifs is 1. The van der Waals surface area contributed by atoms with Gasteiger partial charge in [-0.05, 0) is 30.7 Å². The molecule has 9 heteroatoms. The fourth-order valence-electron chi connectivity index (χ4n) is 2.52. The number of anilines is 1. The van der Waals surface area contributed by atoms with Crippen LogP contribution in [0.2, 0.25) is 5.02 Å². The Labute approximate surface area is 149 Å². The smallest absolute Gasteiger partial charge is 0.277 e. The van der Waals surface area contributed by atoms with Gasteiger partial charge in [-0.15, -0.1) is 0 Å². The third kappa shape index (κ3) is 2.83. The third-order valence-corrected chi connectivity index (χ3v) is 5.83. The summed E-state index contributed by atoms with van der Waals surface area (Å²) in [6.45, 7) is 1.69. The minimum absolute atomic E-state index is 0.0626. The van der Waals surface area contributed by atoms with Gasteiger partial charge >= 0.3 is 0 Å². The lowest BCUT2D eigenvalue weighted by Crippen LogP contribution is -2.37. The fraction of sp³-hybridized carbons (Fsp3) is 0.125. The minimum Gasteiger partial charge on any atom is -0.505 e. The summed E-state index contributed by atoms with van der Waals surface area (Å²) < 4.78 is 25.9. The number of hydrogen-bond acceptors (Lipinski definition) is 5. The summed E-state index contributed by atoms with van der Waals surface area (Å²) in [4.78, 5) is 16.6. The Bertz CT molecular complexity index is 1020. The third-order valence-electron chi connectivity index (χ3n) is 3.81. The molecule has 0 bridgehead atoms. The van der Waals surface area contributed by atoms with Crippen LogP contribution in [-0.2, 0) is 14.8 Å². The van der Waals surface area contributed by atoms with Gasteiger partial charge in [-0.25, -0.2) is 13.4 Å². The van der Waals surface area contributed by atoms with Crippen molar-refractivity contribution < 1.29 is 18.3 Å². The normalized spacial score (nSPS) is 15.7. The van der Waals surface area contributed by atoms with Gasteiger partial charge < -0.3 is 10.4 Å². The molecule has 1 aliphatic rings. The molecule has 1 aliphatic heterocycles. The number of halogens is 1. The number of carbonyl (C=O) groups is 1. The van der Waals surface area contributed by atoms with E-state index < -0.39 is 21.7 Å². The molecule has 0 saturated carbocycles. The van der Waals surface area contributed by atoms with Crippen molar-refractivity contribution in [3.05, 3.63) is 58.4 Å². The SMILES string of the molecule is Cc1cc(Cl)cnc1NC(=O)C1=C(O)c2ccccc2S(=O)(=O)N1C. The van der Waals surface area contributed by atoms with Gasteiger partial charge in [0.05, 0.1) is 9.92 Å². The number of nitrogens with zero attached hydrogens (tertiary/aromatic N) is 2. The highest BCUT2D eigenvalue weighted by Crippen LogP contribution is 2.34. The molecule has 2 N–H and O–H groups in total. The van der Waals surface area contributed by atoms with E-state index >= 15 is 0 Å². The van der Waals surface area contributed by atoms with Crippen molar-refractivity contribution in [1.82, 2.24) is 9.29 Å². The predicted molar refractivity (Wildman–Crippen MR) is 93.6 cm³/mol. The first-order valence-electron chi connectivity index (χ1n) is 7.18. The number of aromatic nitrogens is 1. The highest BCUT2D eigenvalue weighted by Gasteiger charge is 2.37. The van der Waals surface area contributed by atoms with Crippen LogP contribution in [0.25, 0.3) is 5.76 Å². The average molecular weight is 380 g/mol. The quantitative estimate of drug-likeness (QED) is 0.835. The summed E-state index contributed by atoms with van der Waals surface area (Å²) >= 11 is 5.83. The summed E-state index contributed by atoms with van der Waals surface area (Å²) in [7, 11) is -2.74. The first kappa shape index (κ1) is 17.2. The Kier molecular flexibility index (Phi) is 4.18. The Morgan fingerprint density at radius 2 is 2.00 bits per heavy atom. The van der Waals surface area contributed by atoms with Crippen LogP contribution in [0.15, 0.2) is 47.1 Å². The van der Waals surface area contributed by atoms with Crippen LogP contribution in [0.1, 0.15) is 11.1 Å². The second-order valence-corrected chi connectivity index (χ2v) is 7.81. The van der Waals surface area contributed by atoms with E-state index in [1.54, 1.807) is 25.1 Å². The van der Waals surface area contributed by atoms with Gasteiger partial charge in [0.25, 0.3) is 15.9 Å². The van der Waals surface area contributed by atoms with E-state index in [-0.39, 0.29) is 22.0 Å². The van der Waals surface area contributed by atoms with Crippen LogP contribution in [-0.4, -0.2) is 35.8 Å². The van der Waals surface area contributed by atoms with Gasteiger partial charge in [0.2, 0.25) is 0 Å². The van der Waals surface area contributed by atoms with Crippen molar-refractivity contribution in [2.75, 3.05) is 12.4 Å². The van der Waals surface area contributed by atoms with Gasteiger partial charge in [0, 0.05) is 18.8 Å². The summed E-state index contributed by atoms with van der Waals surface area (Å²) in [6.07, 6.45) is 1.36. The Morgan fingerprint density at radius 3 is 2.68 bits per heavy atom. The lowest BCUT2D eigenvalue weighted by Gasteiger charge is -2.28. The minimum atomic E-state index is -3.94. The van der Waals surface area contributed by atoms with E-state index in [1.165, 1.54) is 25.4 Å². The standard InChI is InChI=1S/C16H14ClN3O4S/c1-9-7-10(17)8-18-15(9)19-16(22)13-14(21)11-5-3-4-6-12(11)25(23,24)20(13)2/h3-8,21H,1-2H3,(H,18,19,22). The number of aryl methyl sites for hydroxylation is 1. The Hall–Kier alpha value is -2.58. The monoisotopic (exact) mass is 379 g/mol. The number of rotatable bonds is 2. The van der Waals surface area contributed by atoms with Gasteiger partial charge in [-0.3, -0.25) is 9.10 Å². The first-order valence-corrected chi connectivity index (χ1v) is 9.00. The van der Waals surface area contributed by atoms with Crippen molar-refractivity contribution in [1.29, 1.82) is 0 Å². The zero-order chi connectivity index (χ0) is 18.4. The number of pyridine rings is 1. The summed E-state index contributed by atoms with van der Waals surface area (Å²) in [5.74, 6) is -0.993. The van der Waals surface area contributed by atoms with Gasteiger partial charge in [0.1, 0.15) is 5.82 Å². The van der Waals surface area contributed by atoms with Crippen molar-refractivity contribution >= 4 is 39.1 Å².